The summed E-state index contributed by atoms with van der Waals surface area (Å²) in [5.74, 6) is 2.01. The lowest BCUT2D eigenvalue weighted by atomic mass is 9.42. The number of carbonyl (C=O) groups is 1. The van der Waals surface area contributed by atoms with Crippen molar-refractivity contribution in [3.05, 3.63) is 0 Å². The van der Waals surface area contributed by atoms with E-state index < -0.39 is 15.2 Å². The van der Waals surface area contributed by atoms with Crippen LogP contribution in [0.1, 0.15) is 142 Å². The van der Waals surface area contributed by atoms with E-state index >= 15 is 0 Å². The molecule has 0 N–H and O–H groups in total. The van der Waals surface area contributed by atoms with Crippen LogP contribution in [0.2, 0.25) is 0 Å². The number of halogens is 2. The largest absolute Gasteiger partial charge is 0.298 e. The molecule has 3 heteroatoms. The maximum atomic E-state index is 13.6. The van der Waals surface area contributed by atoms with Gasteiger partial charge in [-0.1, -0.05) is 114 Å². The summed E-state index contributed by atoms with van der Waals surface area (Å²) in [5.41, 5.74) is -0.858. The summed E-state index contributed by atoms with van der Waals surface area (Å²) in [6.07, 6.45) is 24.5. The van der Waals surface area contributed by atoms with Crippen molar-refractivity contribution in [2.45, 2.75) is 147 Å². The van der Waals surface area contributed by atoms with Gasteiger partial charge in [-0.25, -0.2) is 0 Å². The number of ketones is 1. The van der Waals surface area contributed by atoms with Crippen LogP contribution < -0.4 is 0 Å². The Hall–Kier alpha value is 0.250. The lowest BCUT2D eigenvalue weighted by Gasteiger charge is -2.67. The van der Waals surface area contributed by atoms with Gasteiger partial charge in [-0.3, -0.25) is 4.79 Å². The maximum Gasteiger partial charge on any atom is 0.151 e. The number of alkyl halides is 2. The van der Waals surface area contributed by atoms with Crippen molar-refractivity contribution in [2.75, 3.05) is 0 Å². The molecule has 0 aromatic heterocycles. The van der Waals surface area contributed by atoms with Gasteiger partial charge >= 0.3 is 0 Å². The third-order valence-electron chi connectivity index (χ3n) is 9.42. The fourth-order valence-electron chi connectivity index (χ4n) is 7.21. The van der Waals surface area contributed by atoms with Crippen molar-refractivity contribution in [1.82, 2.24) is 0 Å². The highest BCUT2D eigenvalue weighted by atomic mass is 35.5. The summed E-state index contributed by atoms with van der Waals surface area (Å²) < 4.78 is -0.824. The SMILES string of the molecule is CCCCCCCC1CCC2(CC1)C(=O)C1(CCC(CCCCCCC)CC1)C2(Cl)Cl. The standard InChI is InChI=1S/C28H48Cl2O/c1-3-5-7-9-11-13-23-15-19-26(20-16-23)25(31)27(28(26,29)30)21-17-24(18-22-27)14-12-10-8-6-4-2/h23-24H,3-22H2,1-2H3. The molecule has 0 aromatic carbocycles. The quantitative estimate of drug-likeness (QED) is 0.204. The van der Waals surface area contributed by atoms with E-state index in [1.807, 2.05) is 0 Å². The molecule has 0 bridgehead atoms. The molecule has 3 aliphatic carbocycles. The van der Waals surface area contributed by atoms with Crippen LogP contribution >= 0.6 is 23.2 Å². The van der Waals surface area contributed by atoms with Gasteiger partial charge < -0.3 is 0 Å². The maximum absolute atomic E-state index is 13.6. The summed E-state index contributed by atoms with van der Waals surface area (Å²) >= 11 is 14.3. The Kier molecular flexibility index (Phi) is 9.67. The van der Waals surface area contributed by atoms with Crippen LogP contribution in [0.5, 0.6) is 0 Å². The van der Waals surface area contributed by atoms with E-state index in [4.69, 9.17) is 23.2 Å². The summed E-state index contributed by atoms with van der Waals surface area (Å²) in [7, 11) is 0. The van der Waals surface area contributed by atoms with Gasteiger partial charge in [0.15, 0.2) is 5.78 Å². The molecule has 3 aliphatic rings. The Morgan fingerprint density at radius 3 is 1.32 bits per heavy atom. The highest BCUT2D eigenvalue weighted by Crippen LogP contribution is 2.74. The molecular weight excluding hydrogens is 423 g/mol. The molecule has 0 amide bonds. The fourth-order valence-corrected chi connectivity index (χ4v) is 8.31. The van der Waals surface area contributed by atoms with E-state index in [9.17, 15) is 4.79 Å². The first-order valence-corrected chi connectivity index (χ1v) is 14.6. The Labute approximate surface area is 202 Å². The predicted molar refractivity (Wildman–Crippen MR) is 135 cm³/mol. The van der Waals surface area contributed by atoms with Crippen molar-refractivity contribution in [3.63, 3.8) is 0 Å². The number of hydrogen-bond donors (Lipinski definition) is 0. The average Bonchev–Trinajstić information content (AvgIpc) is 2.79. The minimum absolute atomic E-state index is 0.429. The molecule has 0 unspecified atom stereocenters. The minimum Gasteiger partial charge on any atom is -0.298 e. The van der Waals surface area contributed by atoms with Gasteiger partial charge in [0.25, 0.3) is 0 Å². The third-order valence-corrected chi connectivity index (χ3v) is 10.9. The number of hydrogen-bond acceptors (Lipinski definition) is 1. The van der Waals surface area contributed by atoms with Gasteiger partial charge in [0.1, 0.15) is 4.33 Å². The predicted octanol–water partition coefficient (Wildman–Crippen LogP) is 9.82. The van der Waals surface area contributed by atoms with Crippen LogP contribution in [0, 0.1) is 22.7 Å². The van der Waals surface area contributed by atoms with Crippen LogP contribution in [0.3, 0.4) is 0 Å². The lowest BCUT2D eigenvalue weighted by Crippen LogP contribution is -2.74. The van der Waals surface area contributed by atoms with E-state index in [0.29, 0.717) is 5.78 Å². The van der Waals surface area contributed by atoms with E-state index in [-0.39, 0.29) is 0 Å². The van der Waals surface area contributed by atoms with Gasteiger partial charge in [0, 0.05) is 0 Å². The number of unbranched alkanes of at least 4 members (excludes halogenated alkanes) is 8. The monoisotopic (exact) mass is 470 g/mol. The number of Topliss-reactive ketones (excluding diaryl/α,β-unsaturated/α-hetero) is 1. The second-order valence-electron chi connectivity index (χ2n) is 11.4. The van der Waals surface area contributed by atoms with Crippen molar-refractivity contribution in [1.29, 1.82) is 0 Å². The van der Waals surface area contributed by atoms with Crippen LogP contribution in [-0.2, 0) is 4.79 Å². The third kappa shape index (κ3) is 5.18. The summed E-state index contributed by atoms with van der Waals surface area (Å²) in [5, 5.41) is 0. The van der Waals surface area contributed by atoms with Gasteiger partial charge in [-0.2, -0.15) is 0 Å². The van der Waals surface area contributed by atoms with E-state index in [1.165, 1.54) is 77.0 Å². The first-order valence-electron chi connectivity index (χ1n) is 13.9. The summed E-state index contributed by atoms with van der Waals surface area (Å²) in [4.78, 5) is 13.6. The Balaban J connectivity index is 1.44. The number of carbonyl (C=O) groups excluding carboxylic acids is 1. The first-order chi connectivity index (χ1) is 14.9. The molecule has 0 radical (unpaired) electrons. The Morgan fingerprint density at radius 1 is 0.645 bits per heavy atom. The molecule has 2 spiro atoms. The molecular formula is C28H48Cl2O. The lowest BCUT2D eigenvalue weighted by molar-refractivity contribution is -0.172. The van der Waals surface area contributed by atoms with Gasteiger partial charge in [0.2, 0.25) is 0 Å². The van der Waals surface area contributed by atoms with Crippen LogP contribution in [0.15, 0.2) is 0 Å². The molecule has 0 saturated heterocycles. The van der Waals surface area contributed by atoms with Gasteiger partial charge in [0.05, 0.1) is 10.8 Å². The second kappa shape index (κ2) is 11.6. The Bertz CT molecular complexity index is 507. The molecule has 0 aliphatic heterocycles. The van der Waals surface area contributed by atoms with Crippen molar-refractivity contribution in [2.24, 2.45) is 22.7 Å². The van der Waals surface area contributed by atoms with Crippen molar-refractivity contribution < 1.29 is 4.79 Å². The molecule has 1 nitrogen and oxygen atoms in total. The molecule has 3 saturated carbocycles. The second-order valence-corrected chi connectivity index (χ2v) is 12.7. The zero-order valence-corrected chi connectivity index (χ0v) is 22.0. The molecule has 31 heavy (non-hydrogen) atoms. The Morgan fingerprint density at radius 2 is 1.00 bits per heavy atom. The molecule has 0 heterocycles. The van der Waals surface area contributed by atoms with E-state index in [2.05, 4.69) is 13.8 Å². The van der Waals surface area contributed by atoms with E-state index in [0.717, 1.165) is 63.2 Å². The zero-order chi connectivity index (χ0) is 22.4. The van der Waals surface area contributed by atoms with Crippen LogP contribution in [0.4, 0.5) is 0 Å². The van der Waals surface area contributed by atoms with E-state index in [1.54, 1.807) is 0 Å². The number of rotatable bonds is 12. The van der Waals surface area contributed by atoms with Gasteiger partial charge in [-0.05, 0) is 63.2 Å². The minimum atomic E-state index is -0.824. The molecule has 3 rings (SSSR count). The zero-order valence-electron chi connectivity index (χ0n) is 20.5. The van der Waals surface area contributed by atoms with Crippen molar-refractivity contribution in [3.8, 4) is 0 Å². The molecule has 180 valence electrons. The smallest absolute Gasteiger partial charge is 0.151 e. The normalized spacial score (nSPS) is 34.9. The highest BCUT2D eigenvalue weighted by Gasteiger charge is 2.78. The van der Waals surface area contributed by atoms with Crippen LogP contribution in [0.25, 0.3) is 0 Å². The first kappa shape index (κ1) is 25.9. The average molecular weight is 472 g/mol. The molecule has 3 fully saturated rings. The summed E-state index contributed by atoms with van der Waals surface area (Å²) in [6.45, 7) is 4.54. The molecule has 0 aromatic rings. The molecule has 0 atom stereocenters. The van der Waals surface area contributed by atoms with Crippen LogP contribution in [-0.4, -0.2) is 10.1 Å². The topological polar surface area (TPSA) is 17.1 Å². The van der Waals surface area contributed by atoms with Gasteiger partial charge in [-0.15, -0.1) is 0 Å². The highest BCUT2D eigenvalue weighted by molar-refractivity contribution is 6.55. The fraction of sp³-hybridized carbons (Fsp3) is 0.964. The summed E-state index contributed by atoms with van der Waals surface area (Å²) in [6, 6.07) is 0. The van der Waals surface area contributed by atoms with Crippen molar-refractivity contribution >= 4 is 29.0 Å².